The maximum atomic E-state index is 11.5. The van der Waals surface area contributed by atoms with Crippen molar-refractivity contribution >= 4 is 10.0 Å². The zero-order valence-electron chi connectivity index (χ0n) is 8.56. The molecule has 1 fully saturated rings. The third-order valence-corrected chi connectivity index (χ3v) is 4.45. The van der Waals surface area contributed by atoms with Crippen molar-refractivity contribution in [3.8, 4) is 0 Å². The van der Waals surface area contributed by atoms with E-state index in [1.54, 1.807) is 0 Å². The van der Waals surface area contributed by atoms with E-state index in [9.17, 15) is 13.5 Å². The van der Waals surface area contributed by atoms with Gasteiger partial charge in [-0.05, 0) is 0 Å². The lowest BCUT2D eigenvalue weighted by atomic mass is 9.97. The van der Waals surface area contributed by atoms with Crippen LogP contribution < -0.4 is 0 Å². The van der Waals surface area contributed by atoms with Crippen molar-refractivity contribution in [1.29, 1.82) is 0 Å². The number of rotatable bonds is 3. The third-order valence-electron chi connectivity index (χ3n) is 2.43. The van der Waals surface area contributed by atoms with E-state index < -0.39 is 15.6 Å². The Labute approximate surface area is 84.7 Å². The summed E-state index contributed by atoms with van der Waals surface area (Å²) < 4.78 is 29.3. The summed E-state index contributed by atoms with van der Waals surface area (Å²) >= 11 is 0. The fraction of sp³-hybridized carbons (Fsp3) is 1.00. The van der Waals surface area contributed by atoms with E-state index in [2.05, 4.69) is 0 Å². The van der Waals surface area contributed by atoms with E-state index in [0.29, 0.717) is 26.1 Å². The van der Waals surface area contributed by atoms with Gasteiger partial charge in [-0.1, -0.05) is 0 Å². The van der Waals surface area contributed by atoms with E-state index in [4.69, 9.17) is 4.74 Å². The Morgan fingerprint density at radius 1 is 1.36 bits per heavy atom. The highest BCUT2D eigenvalue weighted by atomic mass is 32.2. The smallest absolute Gasteiger partial charge is 0.216 e. The van der Waals surface area contributed by atoms with Gasteiger partial charge in [-0.25, -0.2) is 12.7 Å². The molecule has 1 rings (SSSR count). The van der Waals surface area contributed by atoms with Gasteiger partial charge in [0, 0.05) is 40.2 Å². The molecule has 14 heavy (non-hydrogen) atoms. The lowest BCUT2D eigenvalue weighted by molar-refractivity contribution is -0.0489. The second-order valence-electron chi connectivity index (χ2n) is 3.88. The van der Waals surface area contributed by atoms with Gasteiger partial charge in [-0.3, -0.25) is 0 Å². The number of hydrogen-bond donors (Lipinski definition) is 1. The topological polar surface area (TPSA) is 66.8 Å². The summed E-state index contributed by atoms with van der Waals surface area (Å²) in [4.78, 5) is 0. The number of hydrogen-bond acceptors (Lipinski definition) is 4. The van der Waals surface area contributed by atoms with E-state index >= 15 is 0 Å². The summed E-state index contributed by atoms with van der Waals surface area (Å²) in [5.74, 6) is -0.212. The molecule has 1 aliphatic rings. The highest BCUT2D eigenvalue weighted by molar-refractivity contribution is 7.89. The van der Waals surface area contributed by atoms with Crippen molar-refractivity contribution in [3.63, 3.8) is 0 Å². The van der Waals surface area contributed by atoms with E-state index in [0.717, 1.165) is 4.31 Å². The zero-order chi connectivity index (χ0) is 10.8. The van der Waals surface area contributed by atoms with Crippen LogP contribution in [0.4, 0.5) is 0 Å². The van der Waals surface area contributed by atoms with Crippen molar-refractivity contribution in [3.05, 3.63) is 0 Å². The number of aliphatic hydroxyl groups is 1. The van der Waals surface area contributed by atoms with E-state index in [-0.39, 0.29) is 5.75 Å². The van der Waals surface area contributed by atoms with Gasteiger partial charge in [0.2, 0.25) is 10.0 Å². The number of sulfonamides is 1. The molecule has 0 amide bonds. The van der Waals surface area contributed by atoms with Gasteiger partial charge in [-0.15, -0.1) is 0 Å². The summed E-state index contributed by atoms with van der Waals surface area (Å²) in [7, 11) is -0.388. The molecule has 0 bridgehead atoms. The molecule has 0 unspecified atom stereocenters. The van der Waals surface area contributed by atoms with Crippen LogP contribution in [0.25, 0.3) is 0 Å². The van der Waals surface area contributed by atoms with Crippen LogP contribution in [0.15, 0.2) is 0 Å². The van der Waals surface area contributed by atoms with Gasteiger partial charge in [0.05, 0.1) is 11.4 Å². The van der Waals surface area contributed by atoms with Crippen LogP contribution in [0.5, 0.6) is 0 Å². The monoisotopic (exact) mass is 223 g/mol. The Kier molecular flexibility index (Phi) is 3.52. The number of nitrogens with zero attached hydrogens (tertiary/aromatic N) is 1. The molecule has 0 aromatic heterocycles. The second kappa shape index (κ2) is 4.14. The molecule has 1 aliphatic heterocycles. The Balaban J connectivity index is 2.66. The maximum Gasteiger partial charge on any atom is 0.216 e. The van der Waals surface area contributed by atoms with E-state index in [1.165, 1.54) is 14.1 Å². The summed E-state index contributed by atoms with van der Waals surface area (Å²) in [6.45, 7) is 0.860. The first-order chi connectivity index (χ1) is 6.36. The molecule has 1 saturated heterocycles. The summed E-state index contributed by atoms with van der Waals surface area (Å²) in [6, 6.07) is 0. The van der Waals surface area contributed by atoms with Crippen molar-refractivity contribution in [1.82, 2.24) is 4.31 Å². The molecule has 5 nitrogen and oxygen atoms in total. The molecule has 0 aromatic carbocycles. The molecule has 0 radical (unpaired) electrons. The summed E-state index contributed by atoms with van der Waals surface area (Å²) in [5, 5.41) is 9.97. The highest BCUT2D eigenvalue weighted by Gasteiger charge is 2.35. The van der Waals surface area contributed by atoms with Gasteiger partial charge in [0.15, 0.2) is 0 Å². The lowest BCUT2D eigenvalue weighted by Crippen LogP contribution is -2.45. The minimum atomic E-state index is -3.33. The van der Waals surface area contributed by atoms with Crippen LogP contribution in [-0.4, -0.2) is 56.5 Å². The Bertz CT molecular complexity index is 280. The molecule has 1 heterocycles. The Hall–Kier alpha value is -0.170. The van der Waals surface area contributed by atoms with Gasteiger partial charge < -0.3 is 9.84 Å². The first kappa shape index (κ1) is 11.9. The zero-order valence-corrected chi connectivity index (χ0v) is 9.38. The second-order valence-corrected chi connectivity index (χ2v) is 6.06. The van der Waals surface area contributed by atoms with Crippen LogP contribution >= 0.6 is 0 Å². The van der Waals surface area contributed by atoms with Crippen LogP contribution in [-0.2, 0) is 14.8 Å². The predicted octanol–water partition coefficient (Wildman–Crippen LogP) is -0.581. The van der Waals surface area contributed by atoms with Crippen LogP contribution in [0.2, 0.25) is 0 Å². The standard InChI is InChI=1S/C8H17NO4S/c1-9(2)14(11,12)7-8(10)3-5-13-6-4-8/h10H,3-7H2,1-2H3. The first-order valence-corrected chi connectivity index (χ1v) is 6.17. The molecule has 0 aromatic rings. The normalized spacial score (nSPS) is 22.6. The van der Waals surface area contributed by atoms with Crippen LogP contribution in [0.1, 0.15) is 12.8 Å². The molecule has 0 atom stereocenters. The largest absolute Gasteiger partial charge is 0.389 e. The quantitative estimate of drug-likeness (QED) is 0.695. The molecule has 6 heteroatoms. The van der Waals surface area contributed by atoms with Gasteiger partial charge in [0.25, 0.3) is 0 Å². The predicted molar refractivity (Wildman–Crippen MR) is 52.5 cm³/mol. The molecule has 0 saturated carbocycles. The van der Waals surface area contributed by atoms with Crippen molar-refractivity contribution < 1.29 is 18.3 Å². The average molecular weight is 223 g/mol. The van der Waals surface area contributed by atoms with Crippen LogP contribution in [0.3, 0.4) is 0 Å². The van der Waals surface area contributed by atoms with Crippen molar-refractivity contribution in [2.75, 3.05) is 33.1 Å². The minimum Gasteiger partial charge on any atom is -0.389 e. The minimum absolute atomic E-state index is 0.212. The lowest BCUT2D eigenvalue weighted by Gasteiger charge is -2.32. The van der Waals surface area contributed by atoms with E-state index in [1.807, 2.05) is 0 Å². The molecule has 1 N–H and O–H groups in total. The van der Waals surface area contributed by atoms with Crippen molar-refractivity contribution in [2.24, 2.45) is 0 Å². The fourth-order valence-corrected chi connectivity index (χ4v) is 2.59. The van der Waals surface area contributed by atoms with Gasteiger partial charge >= 0.3 is 0 Å². The first-order valence-electron chi connectivity index (χ1n) is 4.56. The molecule has 0 spiro atoms. The summed E-state index contributed by atoms with van der Waals surface area (Å²) in [6.07, 6.45) is 0.778. The molecule has 84 valence electrons. The Morgan fingerprint density at radius 3 is 2.29 bits per heavy atom. The van der Waals surface area contributed by atoms with Gasteiger partial charge in [0.1, 0.15) is 0 Å². The molecular weight excluding hydrogens is 206 g/mol. The molecular formula is C8H17NO4S. The van der Waals surface area contributed by atoms with Crippen molar-refractivity contribution in [2.45, 2.75) is 18.4 Å². The Morgan fingerprint density at radius 2 is 1.86 bits per heavy atom. The average Bonchev–Trinajstić information content (AvgIpc) is 2.03. The number of ether oxygens (including phenoxy) is 1. The molecule has 0 aliphatic carbocycles. The van der Waals surface area contributed by atoms with Gasteiger partial charge in [-0.2, -0.15) is 0 Å². The summed E-state index contributed by atoms with van der Waals surface area (Å²) in [5.41, 5.74) is -1.11. The highest BCUT2D eigenvalue weighted by Crippen LogP contribution is 2.22. The third kappa shape index (κ3) is 2.91. The SMILES string of the molecule is CN(C)S(=O)(=O)CC1(O)CCOCC1. The van der Waals surface area contributed by atoms with Crippen LogP contribution in [0, 0.1) is 0 Å². The fourth-order valence-electron chi connectivity index (χ4n) is 1.36. The maximum absolute atomic E-state index is 11.5.